The molecule has 1 aliphatic carbocycles. The number of hydrogen-bond acceptors (Lipinski definition) is 3. The lowest BCUT2D eigenvalue weighted by Crippen LogP contribution is -2.41. The van der Waals surface area contributed by atoms with Gasteiger partial charge in [0.1, 0.15) is 12.2 Å². The first kappa shape index (κ1) is 12.6. The van der Waals surface area contributed by atoms with Gasteiger partial charge in [0.15, 0.2) is 0 Å². The van der Waals surface area contributed by atoms with E-state index >= 15 is 0 Å². The minimum atomic E-state index is 0.278. The Morgan fingerprint density at radius 3 is 2.82 bits per heavy atom. The fourth-order valence-electron chi connectivity index (χ4n) is 2.84. The first-order valence-electron chi connectivity index (χ1n) is 6.68. The zero-order valence-electron chi connectivity index (χ0n) is 11.3. The fourth-order valence-corrected chi connectivity index (χ4v) is 2.84. The molecule has 0 aromatic carbocycles. The number of hydrogen-bond donors (Lipinski definition) is 1. The van der Waals surface area contributed by atoms with Crippen LogP contribution in [0.25, 0.3) is 0 Å². The van der Waals surface area contributed by atoms with Crippen LogP contribution in [0.2, 0.25) is 0 Å². The molecule has 1 heterocycles. The molecule has 4 unspecified atom stereocenters. The molecule has 0 spiro atoms. The lowest BCUT2D eigenvalue weighted by atomic mass is 9.80. The first-order chi connectivity index (χ1) is 8.08. The zero-order valence-corrected chi connectivity index (χ0v) is 11.3. The lowest BCUT2D eigenvalue weighted by molar-refractivity contribution is 0.213. The van der Waals surface area contributed by atoms with Crippen LogP contribution in [0, 0.1) is 11.8 Å². The second kappa shape index (κ2) is 5.17. The summed E-state index contributed by atoms with van der Waals surface area (Å²) in [5.41, 5.74) is 0. The Labute approximate surface area is 104 Å². The third kappa shape index (κ3) is 2.86. The van der Waals surface area contributed by atoms with Crippen LogP contribution in [0.15, 0.2) is 6.33 Å². The van der Waals surface area contributed by atoms with Crippen molar-refractivity contribution in [3.8, 4) is 0 Å². The van der Waals surface area contributed by atoms with E-state index in [2.05, 4.69) is 36.3 Å². The van der Waals surface area contributed by atoms with E-state index in [-0.39, 0.29) is 6.04 Å². The summed E-state index contributed by atoms with van der Waals surface area (Å²) >= 11 is 0. The van der Waals surface area contributed by atoms with Gasteiger partial charge in [0.25, 0.3) is 0 Å². The monoisotopic (exact) mass is 236 g/mol. The van der Waals surface area contributed by atoms with Crippen LogP contribution in [0.5, 0.6) is 0 Å². The van der Waals surface area contributed by atoms with Crippen LogP contribution in [0.4, 0.5) is 0 Å². The number of aryl methyl sites for hydroxylation is 1. The van der Waals surface area contributed by atoms with Gasteiger partial charge in [-0.3, -0.25) is 0 Å². The highest BCUT2D eigenvalue weighted by molar-refractivity contribution is 4.94. The summed E-state index contributed by atoms with van der Waals surface area (Å²) in [6.07, 6.45) is 5.76. The standard InChI is InChI=1S/C13H24N4/c1-9-5-6-10(2)12(7-9)15-11(3)13-16-14-8-17(13)4/h8-12,15H,5-7H2,1-4H3. The molecule has 1 fully saturated rings. The highest BCUT2D eigenvalue weighted by Gasteiger charge is 2.27. The maximum Gasteiger partial charge on any atom is 0.149 e. The van der Waals surface area contributed by atoms with E-state index in [4.69, 9.17) is 0 Å². The molecule has 2 rings (SSSR count). The van der Waals surface area contributed by atoms with Crippen molar-refractivity contribution in [2.75, 3.05) is 0 Å². The summed E-state index contributed by atoms with van der Waals surface area (Å²) in [6, 6.07) is 0.894. The van der Waals surface area contributed by atoms with Gasteiger partial charge in [0, 0.05) is 13.1 Å². The summed E-state index contributed by atoms with van der Waals surface area (Å²) in [6.45, 7) is 6.89. The van der Waals surface area contributed by atoms with Crippen molar-refractivity contribution < 1.29 is 0 Å². The van der Waals surface area contributed by atoms with Crippen LogP contribution < -0.4 is 5.32 Å². The average Bonchev–Trinajstić information content (AvgIpc) is 2.70. The van der Waals surface area contributed by atoms with Gasteiger partial charge >= 0.3 is 0 Å². The normalized spacial score (nSPS) is 31.4. The van der Waals surface area contributed by atoms with E-state index in [0.29, 0.717) is 6.04 Å². The van der Waals surface area contributed by atoms with Gasteiger partial charge in [-0.1, -0.05) is 20.3 Å². The van der Waals surface area contributed by atoms with Gasteiger partial charge in [-0.2, -0.15) is 0 Å². The minimum absolute atomic E-state index is 0.278. The minimum Gasteiger partial charge on any atom is -0.319 e. The van der Waals surface area contributed by atoms with Crippen molar-refractivity contribution in [2.24, 2.45) is 18.9 Å². The summed E-state index contributed by atoms with van der Waals surface area (Å²) < 4.78 is 1.99. The molecule has 0 amide bonds. The van der Waals surface area contributed by atoms with Crippen molar-refractivity contribution in [3.63, 3.8) is 0 Å². The maximum absolute atomic E-state index is 4.18. The fraction of sp³-hybridized carbons (Fsp3) is 0.846. The lowest BCUT2D eigenvalue weighted by Gasteiger charge is -2.35. The molecule has 96 valence electrons. The second-order valence-corrected chi connectivity index (χ2v) is 5.69. The van der Waals surface area contributed by atoms with Gasteiger partial charge < -0.3 is 9.88 Å². The number of nitrogens with one attached hydrogen (secondary N) is 1. The zero-order chi connectivity index (χ0) is 12.4. The van der Waals surface area contributed by atoms with E-state index in [0.717, 1.165) is 17.7 Å². The Bertz CT molecular complexity index is 360. The molecule has 0 saturated heterocycles. The van der Waals surface area contributed by atoms with Crippen molar-refractivity contribution >= 4 is 0 Å². The quantitative estimate of drug-likeness (QED) is 0.875. The summed E-state index contributed by atoms with van der Waals surface area (Å²) in [5.74, 6) is 2.63. The molecule has 4 heteroatoms. The maximum atomic E-state index is 4.18. The van der Waals surface area contributed by atoms with Crippen LogP contribution in [-0.4, -0.2) is 20.8 Å². The van der Waals surface area contributed by atoms with Gasteiger partial charge in [-0.25, -0.2) is 0 Å². The van der Waals surface area contributed by atoms with E-state index < -0.39 is 0 Å². The van der Waals surface area contributed by atoms with Gasteiger partial charge in [0.05, 0.1) is 6.04 Å². The highest BCUT2D eigenvalue weighted by atomic mass is 15.3. The Morgan fingerprint density at radius 1 is 1.41 bits per heavy atom. The smallest absolute Gasteiger partial charge is 0.149 e. The summed E-state index contributed by atoms with van der Waals surface area (Å²) in [7, 11) is 2.00. The Morgan fingerprint density at radius 2 is 2.18 bits per heavy atom. The van der Waals surface area contributed by atoms with Gasteiger partial charge in [0.2, 0.25) is 0 Å². The average molecular weight is 236 g/mol. The molecule has 1 aromatic heterocycles. The second-order valence-electron chi connectivity index (χ2n) is 5.69. The molecular weight excluding hydrogens is 212 g/mol. The van der Waals surface area contributed by atoms with E-state index in [1.807, 2.05) is 11.6 Å². The molecule has 17 heavy (non-hydrogen) atoms. The van der Waals surface area contributed by atoms with Crippen LogP contribution in [-0.2, 0) is 7.05 Å². The molecule has 1 N–H and O–H groups in total. The number of nitrogens with zero attached hydrogens (tertiary/aromatic N) is 3. The van der Waals surface area contributed by atoms with Crippen molar-refractivity contribution in [1.29, 1.82) is 0 Å². The molecule has 0 bridgehead atoms. The number of rotatable bonds is 3. The molecule has 1 saturated carbocycles. The predicted octanol–water partition coefficient (Wildman–Crippen LogP) is 2.29. The molecule has 4 atom stereocenters. The van der Waals surface area contributed by atoms with Gasteiger partial charge in [-0.05, 0) is 31.6 Å². The van der Waals surface area contributed by atoms with Gasteiger partial charge in [-0.15, -0.1) is 10.2 Å². The molecule has 1 aliphatic rings. The highest BCUT2D eigenvalue weighted by Crippen LogP contribution is 2.29. The summed E-state index contributed by atoms with van der Waals surface area (Å²) in [5, 5.41) is 11.8. The molecule has 4 nitrogen and oxygen atoms in total. The molecular formula is C13H24N4. The predicted molar refractivity (Wildman–Crippen MR) is 68.5 cm³/mol. The first-order valence-corrected chi connectivity index (χ1v) is 6.68. The third-order valence-corrected chi connectivity index (χ3v) is 4.06. The Kier molecular flexibility index (Phi) is 3.82. The van der Waals surface area contributed by atoms with Crippen LogP contribution in [0.3, 0.4) is 0 Å². The molecule has 0 radical (unpaired) electrons. The van der Waals surface area contributed by atoms with E-state index in [9.17, 15) is 0 Å². The Balaban J connectivity index is 1.98. The number of aromatic nitrogens is 3. The van der Waals surface area contributed by atoms with E-state index in [1.165, 1.54) is 19.3 Å². The SMILES string of the molecule is CC1CCC(C)C(NC(C)c2nncn2C)C1. The van der Waals surface area contributed by atoms with Crippen molar-refractivity contribution in [2.45, 2.75) is 52.1 Å². The van der Waals surface area contributed by atoms with Crippen molar-refractivity contribution in [3.05, 3.63) is 12.2 Å². The summed E-state index contributed by atoms with van der Waals surface area (Å²) in [4.78, 5) is 0. The Hall–Kier alpha value is -0.900. The molecule has 0 aliphatic heterocycles. The van der Waals surface area contributed by atoms with Crippen molar-refractivity contribution in [1.82, 2.24) is 20.1 Å². The largest absolute Gasteiger partial charge is 0.319 e. The van der Waals surface area contributed by atoms with E-state index in [1.54, 1.807) is 6.33 Å². The molecule has 1 aromatic rings. The topological polar surface area (TPSA) is 42.7 Å². The van der Waals surface area contributed by atoms with Crippen LogP contribution >= 0.6 is 0 Å². The third-order valence-electron chi connectivity index (χ3n) is 4.06. The van der Waals surface area contributed by atoms with Crippen LogP contribution in [0.1, 0.15) is 51.9 Å².